The molecule has 0 N–H and O–H groups in total. The molecule has 1 heterocycles. The summed E-state index contributed by atoms with van der Waals surface area (Å²) in [4.78, 5) is 3.49. The Hall–Kier alpha value is -0.990. The van der Waals surface area contributed by atoms with E-state index in [1.165, 1.54) is 6.42 Å². The molecule has 0 aliphatic heterocycles. The molecule has 14 heavy (non-hydrogen) atoms. The highest BCUT2D eigenvalue weighted by Gasteiger charge is 2.22. The van der Waals surface area contributed by atoms with Crippen molar-refractivity contribution in [3.63, 3.8) is 0 Å². The molecule has 0 radical (unpaired) electrons. The lowest BCUT2D eigenvalue weighted by Gasteiger charge is -2.22. The van der Waals surface area contributed by atoms with Gasteiger partial charge in [0.2, 0.25) is 0 Å². The van der Waals surface area contributed by atoms with Crippen molar-refractivity contribution >= 4 is 0 Å². The largest absolute Gasteiger partial charge is 0.259 e. The first-order valence-electron chi connectivity index (χ1n) is 5.08. The van der Waals surface area contributed by atoms with Crippen LogP contribution in [0.3, 0.4) is 0 Å². The Morgan fingerprint density at radius 3 is 2.14 bits per heavy atom. The van der Waals surface area contributed by atoms with E-state index < -0.39 is 11.6 Å². The summed E-state index contributed by atoms with van der Waals surface area (Å²) in [6, 6.07) is 0. The number of halogens is 2. The standard InChI is InChI=1S/C11H13F2N/c12-9-6-14-7-10(13)11(9)8-4-2-1-3-5-8/h6-8H,1-5H2. The van der Waals surface area contributed by atoms with E-state index in [-0.39, 0.29) is 11.5 Å². The van der Waals surface area contributed by atoms with Crippen molar-refractivity contribution < 1.29 is 8.78 Å². The summed E-state index contributed by atoms with van der Waals surface area (Å²) in [7, 11) is 0. The molecule has 1 nitrogen and oxygen atoms in total. The van der Waals surface area contributed by atoms with Gasteiger partial charge in [-0.25, -0.2) is 8.78 Å². The number of hydrogen-bond donors (Lipinski definition) is 0. The summed E-state index contributed by atoms with van der Waals surface area (Å²) in [5.74, 6) is -0.916. The molecule has 0 amide bonds. The van der Waals surface area contributed by atoms with E-state index in [4.69, 9.17) is 0 Å². The molecule has 2 rings (SSSR count). The van der Waals surface area contributed by atoms with Gasteiger partial charge in [-0.3, -0.25) is 4.98 Å². The quantitative estimate of drug-likeness (QED) is 0.672. The van der Waals surface area contributed by atoms with Crippen LogP contribution in [0.25, 0.3) is 0 Å². The van der Waals surface area contributed by atoms with Crippen molar-refractivity contribution in [2.45, 2.75) is 38.0 Å². The van der Waals surface area contributed by atoms with Crippen LogP contribution < -0.4 is 0 Å². The highest BCUT2D eigenvalue weighted by Crippen LogP contribution is 2.34. The van der Waals surface area contributed by atoms with Crippen LogP contribution in [0.5, 0.6) is 0 Å². The zero-order chi connectivity index (χ0) is 9.97. The van der Waals surface area contributed by atoms with Gasteiger partial charge >= 0.3 is 0 Å². The second-order valence-electron chi connectivity index (χ2n) is 3.85. The van der Waals surface area contributed by atoms with Gasteiger partial charge in [0.25, 0.3) is 0 Å². The topological polar surface area (TPSA) is 12.9 Å². The SMILES string of the molecule is Fc1cncc(F)c1C1CCCCC1. The van der Waals surface area contributed by atoms with Crippen molar-refractivity contribution in [1.29, 1.82) is 0 Å². The maximum Gasteiger partial charge on any atom is 0.147 e. The van der Waals surface area contributed by atoms with E-state index in [9.17, 15) is 8.78 Å². The van der Waals surface area contributed by atoms with Crippen LogP contribution in [0.1, 0.15) is 43.6 Å². The molecule has 76 valence electrons. The molecule has 0 bridgehead atoms. The van der Waals surface area contributed by atoms with Gasteiger partial charge in [0.05, 0.1) is 12.4 Å². The van der Waals surface area contributed by atoms with E-state index in [2.05, 4.69) is 4.98 Å². The molecule has 0 spiro atoms. The third-order valence-electron chi connectivity index (χ3n) is 2.90. The minimum absolute atomic E-state index is 0.0618. The zero-order valence-corrected chi connectivity index (χ0v) is 7.97. The minimum Gasteiger partial charge on any atom is -0.259 e. The molecule has 1 aromatic heterocycles. The van der Waals surface area contributed by atoms with Crippen LogP contribution in [-0.4, -0.2) is 4.98 Å². The number of hydrogen-bond acceptors (Lipinski definition) is 1. The number of pyridine rings is 1. The summed E-state index contributed by atoms with van der Waals surface area (Å²) < 4.78 is 26.7. The Bertz CT molecular complexity index is 299. The van der Waals surface area contributed by atoms with Crippen LogP contribution in [0, 0.1) is 11.6 Å². The summed E-state index contributed by atoms with van der Waals surface area (Å²) in [5.41, 5.74) is 0.250. The fourth-order valence-electron chi connectivity index (χ4n) is 2.20. The number of aromatic nitrogens is 1. The predicted molar refractivity (Wildman–Crippen MR) is 50.0 cm³/mol. The second-order valence-corrected chi connectivity index (χ2v) is 3.85. The van der Waals surface area contributed by atoms with Crippen molar-refractivity contribution in [3.05, 3.63) is 29.6 Å². The lowest BCUT2D eigenvalue weighted by Crippen LogP contribution is -2.09. The van der Waals surface area contributed by atoms with E-state index in [1.54, 1.807) is 0 Å². The molecule has 1 aliphatic carbocycles. The highest BCUT2D eigenvalue weighted by atomic mass is 19.1. The van der Waals surface area contributed by atoms with Gasteiger partial charge in [-0.2, -0.15) is 0 Å². The number of nitrogens with zero attached hydrogens (tertiary/aromatic N) is 1. The van der Waals surface area contributed by atoms with E-state index in [0.29, 0.717) is 0 Å². The molecule has 1 aromatic rings. The average molecular weight is 197 g/mol. The minimum atomic E-state index is -0.489. The molecule has 0 saturated heterocycles. The van der Waals surface area contributed by atoms with E-state index >= 15 is 0 Å². The summed E-state index contributed by atoms with van der Waals surface area (Å²) in [6.07, 6.45) is 7.35. The molecule has 0 atom stereocenters. The van der Waals surface area contributed by atoms with Crippen LogP contribution in [0.4, 0.5) is 8.78 Å². The fraction of sp³-hybridized carbons (Fsp3) is 0.545. The first-order valence-corrected chi connectivity index (χ1v) is 5.08. The Balaban J connectivity index is 2.29. The molecular formula is C11H13F2N. The Labute approximate surface area is 82.2 Å². The average Bonchev–Trinajstić information content (AvgIpc) is 2.19. The molecule has 0 aromatic carbocycles. The summed E-state index contributed by atoms with van der Waals surface area (Å²) >= 11 is 0. The molecule has 3 heteroatoms. The molecule has 0 unspecified atom stereocenters. The Kier molecular flexibility index (Phi) is 2.75. The third kappa shape index (κ3) is 1.76. The molecule has 1 aliphatic rings. The summed E-state index contributed by atoms with van der Waals surface area (Å²) in [5, 5.41) is 0. The number of rotatable bonds is 1. The summed E-state index contributed by atoms with van der Waals surface area (Å²) in [6.45, 7) is 0. The molecule has 1 saturated carbocycles. The Morgan fingerprint density at radius 1 is 1.00 bits per heavy atom. The lowest BCUT2D eigenvalue weighted by molar-refractivity contribution is 0.411. The maximum atomic E-state index is 13.3. The first kappa shape index (κ1) is 9.56. The second kappa shape index (κ2) is 4.03. The first-order chi connectivity index (χ1) is 6.79. The van der Waals surface area contributed by atoms with Gasteiger partial charge in [0, 0.05) is 5.56 Å². The predicted octanol–water partition coefficient (Wildman–Crippen LogP) is 3.41. The lowest BCUT2D eigenvalue weighted by atomic mass is 9.84. The molecular weight excluding hydrogens is 184 g/mol. The van der Waals surface area contributed by atoms with Crippen LogP contribution >= 0.6 is 0 Å². The van der Waals surface area contributed by atoms with Gasteiger partial charge in [-0.1, -0.05) is 19.3 Å². The van der Waals surface area contributed by atoms with Gasteiger partial charge in [-0.15, -0.1) is 0 Å². The van der Waals surface area contributed by atoms with Crippen LogP contribution in [0.2, 0.25) is 0 Å². The van der Waals surface area contributed by atoms with E-state index in [0.717, 1.165) is 38.1 Å². The highest BCUT2D eigenvalue weighted by molar-refractivity contribution is 5.20. The molecule has 1 fully saturated rings. The van der Waals surface area contributed by atoms with Gasteiger partial charge in [-0.05, 0) is 18.8 Å². The van der Waals surface area contributed by atoms with Gasteiger partial charge in [0.15, 0.2) is 0 Å². The van der Waals surface area contributed by atoms with Gasteiger partial charge in [0.1, 0.15) is 11.6 Å². The normalized spacial score (nSPS) is 18.4. The monoisotopic (exact) mass is 197 g/mol. The van der Waals surface area contributed by atoms with Crippen molar-refractivity contribution in [2.75, 3.05) is 0 Å². The maximum absolute atomic E-state index is 13.3. The van der Waals surface area contributed by atoms with Gasteiger partial charge < -0.3 is 0 Å². The van der Waals surface area contributed by atoms with Crippen LogP contribution in [-0.2, 0) is 0 Å². The van der Waals surface area contributed by atoms with Crippen molar-refractivity contribution in [3.8, 4) is 0 Å². The van der Waals surface area contributed by atoms with Crippen molar-refractivity contribution in [1.82, 2.24) is 4.98 Å². The van der Waals surface area contributed by atoms with Crippen LogP contribution in [0.15, 0.2) is 12.4 Å². The van der Waals surface area contributed by atoms with E-state index in [1.807, 2.05) is 0 Å². The Morgan fingerprint density at radius 2 is 1.57 bits per heavy atom. The smallest absolute Gasteiger partial charge is 0.147 e. The van der Waals surface area contributed by atoms with Crippen molar-refractivity contribution in [2.24, 2.45) is 0 Å². The third-order valence-corrected chi connectivity index (χ3v) is 2.90. The fourth-order valence-corrected chi connectivity index (χ4v) is 2.20. The zero-order valence-electron chi connectivity index (χ0n) is 7.97.